The second-order valence-corrected chi connectivity index (χ2v) is 8.41. The van der Waals surface area contributed by atoms with Crippen molar-refractivity contribution >= 4 is 52.2 Å². The van der Waals surface area contributed by atoms with Gasteiger partial charge in [-0.3, -0.25) is 13.7 Å². The molecule has 32 heavy (non-hydrogen) atoms. The minimum Gasteiger partial charge on any atom is -0.453 e. The second-order valence-electron chi connectivity index (χ2n) is 6.72. The van der Waals surface area contributed by atoms with E-state index in [0.717, 1.165) is 5.56 Å². The topological polar surface area (TPSA) is 108 Å². The van der Waals surface area contributed by atoms with Gasteiger partial charge in [-0.25, -0.2) is 9.00 Å². The second kappa shape index (κ2) is 13.3. The normalized spacial score (nSPS) is 11.5. The fraction of sp³-hybridized carbons (Fsp3) is 0.333. The zero-order valence-corrected chi connectivity index (χ0v) is 19.8. The average molecular weight is 502 g/mol. The van der Waals surface area contributed by atoms with Crippen LogP contribution in [0.4, 0.5) is 10.5 Å². The molecule has 2 amide bonds. The lowest BCUT2D eigenvalue weighted by Crippen LogP contribution is -2.28. The molecule has 0 spiro atoms. The highest BCUT2D eigenvalue weighted by Gasteiger charge is 2.15. The van der Waals surface area contributed by atoms with Crippen molar-refractivity contribution in [2.24, 2.45) is 0 Å². The molecule has 1 atom stereocenters. The number of carbonyl (C=O) groups excluding carboxylic acids is 2. The number of methoxy groups -OCH3 is 1. The standard InChI is InChI=1S/C21H25Cl2N3O5S/c1-31-21(28)25-13-3-2-12-24-20(27)16-7-9-17(10-8-16)26(32(29)30)14-11-15-5-4-6-18(22)19(15)23/h4-10H,2-3,11-14H2,1H3,(H,24,27)(H,25,28)(H,29,30). The minimum absolute atomic E-state index is 0.230. The van der Waals surface area contributed by atoms with Crippen LogP contribution in [0.15, 0.2) is 42.5 Å². The molecule has 0 aliphatic rings. The first-order valence-corrected chi connectivity index (χ1v) is 11.7. The van der Waals surface area contributed by atoms with Gasteiger partial charge in [0.2, 0.25) is 0 Å². The Bertz CT molecular complexity index is 944. The molecule has 1 unspecified atom stereocenters. The number of anilines is 1. The molecule has 0 saturated heterocycles. The Morgan fingerprint density at radius 3 is 2.34 bits per heavy atom. The highest BCUT2D eigenvalue weighted by atomic mass is 35.5. The van der Waals surface area contributed by atoms with Crippen LogP contribution in [0.3, 0.4) is 0 Å². The van der Waals surface area contributed by atoms with Crippen molar-refractivity contribution in [1.82, 2.24) is 10.6 Å². The third-order valence-corrected chi connectivity index (χ3v) is 6.19. The van der Waals surface area contributed by atoms with Gasteiger partial charge in [0.05, 0.1) is 22.8 Å². The van der Waals surface area contributed by atoms with Crippen molar-refractivity contribution in [2.45, 2.75) is 19.3 Å². The van der Waals surface area contributed by atoms with E-state index in [4.69, 9.17) is 23.2 Å². The molecule has 0 heterocycles. The zero-order valence-electron chi connectivity index (χ0n) is 17.5. The number of rotatable bonds is 11. The molecule has 0 radical (unpaired) electrons. The summed E-state index contributed by atoms with van der Waals surface area (Å²) in [5, 5.41) is 6.21. The van der Waals surface area contributed by atoms with Crippen LogP contribution in [-0.2, 0) is 22.4 Å². The number of nitrogens with one attached hydrogen (secondary N) is 2. The number of hydrogen-bond donors (Lipinski definition) is 3. The number of carbonyl (C=O) groups is 2. The molecule has 8 nitrogen and oxygen atoms in total. The quantitative estimate of drug-likeness (QED) is 0.318. The van der Waals surface area contributed by atoms with Crippen LogP contribution >= 0.6 is 23.2 Å². The molecule has 2 aromatic carbocycles. The summed E-state index contributed by atoms with van der Waals surface area (Å²) in [5.74, 6) is -0.250. The molecule has 3 N–H and O–H groups in total. The van der Waals surface area contributed by atoms with Gasteiger partial charge in [-0.05, 0) is 55.2 Å². The van der Waals surface area contributed by atoms with Gasteiger partial charge in [-0.2, -0.15) is 0 Å². The number of nitrogens with zero attached hydrogens (tertiary/aromatic N) is 1. The maximum Gasteiger partial charge on any atom is 0.406 e. The van der Waals surface area contributed by atoms with Crippen molar-refractivity contribution in [3.63, 3.8) is 0 Å². The van der Waals surface area contributed by atoms with Gasteiger partial charge in [-0.1, -0.05) is 35.3 Å². The summed E-state index contributed by atoms with van der Waals surface area (Å²) in [7, 11) is 1.30. The van der Waals surface area contributed by atoms with Crippen molar-refractivity contribution in [3.8, 4) is 0 Å². The zero-order chi connectivity index (χ0) is 23.5. The summed E-state index contributed by atoms with van der Waals surface area (Å²) >= 11 is 9.96. The van der Waals surface area contributed by atoms with Gasteiger partial charge in [0.1, 0.15) is 0 Å². The Hall–Kier alpha value is -2.33. The van der Waals surface area contributed by atoms with Crippen LogP contribution in [0.5, 0.6) is 0 Å². The molecule has 0 saturated carbocycles. The van der Waals surface area contributed by atoms with E-state index in [9.17, 15) is 18.4 Å². The number of ether oxygens (including phenoxy) is 1. The molecule has 2 aromatic rings. The molecule has 0 aromatic heterocycles. The number of alkyl carbamates (subject to hydrolysis) is 1. The number of halogens is 2. The molecule has 0 aliphatic heterocycles. The molecule has 2 rings (SSSR count). The predicted octanol–water partition coefficient (Wildman–Crippen LogP) is 4.05. The molecule has 0 fully saturated rings. The van der Waals surface area contributed by atoms with Gasteiger partial charge in [0.25, 0.3) is 17.2 Å². The number of benzene rings is 2. The van der Waals surface area contributed by atoms with Crippen molar-refractivity contribution in [3.05, 3.63) is 63.6 Å². The van der Waals surface area contributed by atoms with E-state index in [0.29, 0.717) is 53.6 Å². The van der Waals surface area contributed by atoms with Crippen molar-refractivity contribution in [1.29, 1.82) is 0 Å². The third-order valence-electron chi connectivity index (χ3n) is 4.57. The Balaban J connectivity index is 1.88. The molecule has 0 aliphatic carbocycles. The smallest absolute Gasteiger partial charge is 0.406 e. The molecule has 174 valence electrons. The van der Waals surface area contributed by atoms with Gasteiger partial charge in [-0.15, -0.1) is 0 Å². The lowest BCUT2D eigenvalue weighted by molar-refractivity contribution is 0.0952. The lowest BCUT2D eigenvalue weighted by atomic mass is 10.1. The summed E-state index contributed by atoms with van der Waals surface area (Å²) in [6.07, 6.45) is 1.32. The molecular weight excluding hydrogens is 477 g/mol. The largest absolute Gasteiger partial charge is 0.453 e. The number of hydrogen-bond acceptors (Lipinski definition) is 4. The van der Waals surface area contributed by atoms with E-state index in [1.54, 1.807) is 36.4 Å². The van der Waals surface area contributed by atoms with E-state index in [1.807, 2.05) is 6.07 Å². The SMILES string of the molecule is COC(=O)NCCCCNC(=O)c1ccc(N(CCc2cccc(Cl)c2Cl)S(=O)O)cc1. The van der Waals surface area contributed by atoms with E-state index >= 15 is 0 Å². The van der Waals surface area contributed by atoms with Crippen molar-refractivity contribution in [2.75, 3.05) is 31.0 Å². The first-order chi connectivity index (χ1) is 15.3. The summed E-state index contributed by atoms with van der Waals surface area (Å²) in [4.78, 5) is 23.2. The van der Waals surface area contributed by atoms with Gasteiger partial charge in [0.15, 0.2) is 0 Å². The van der Waals surface area contributed by atoms with E-state index < -0.39 is 17.4 Å². The third kappa shape index (κ3) is 7.98. The van der Waals surface area contributed by atoms with Crippen LogP contribution in [0.25, 0.3) is 0 Å². The van der Waals surface area contributed by atoms with Crippen LogP contribution in [0, 0.1) is 0 Å². The maximum atomic E-state index is 12.3. The lowest BCUT2D eigenvalue weighted by Gasteiger charge is -2.20. The minimum atomic E-state index is -2.25. The van der Waals surface area contributed by atoms with Gasteiger partial charge in [0, 0.05) is 25.2 Å². The average Bonchev–Trinajstić information content (AvgIpc) is 2.78. The predicted molar refractivity (Wildman–Crippen MR) is 127 cm³/mol. The van der Waals surface area contributed by atoms with E-state index in [2.05, 4.69) is 15.4 Å². The Labute approximate surface area is 199 Å². The summed E-state index contributed by atoms with van der Waals surface area (Å²) in [6.45, 7) is 1.15. The van der Waals surface area contributed by atoms with E-state index in [-0.39, 0.29) is 12.5 Å². The van der Waals surface area contributed by atoms with Gasteiger partial charge >= 0.3 is 6.09 Å². The Morgan fingerprint density at radius 2 is 1.72 bits per heavy atom. The molecule has 0 bridgehead atoms. The van der Waals surface area contributed by atoms with E-state index in [1.165, 1.54) is 11.4 Å². The maximum absolute atomic E-state index is 12.3. The molecule has 11 heteroatoms. The fourth-order valence-corrected chi connectivity index (χ4v) is 3.82. The van der Waals surface area contributed by atoms with Crippen LogP contribution in [0.1, 0.15) is 28.8 Å². The van der Waals surface area contributed by atoms with Crippen LogP contribution in [-0.4, -0.2) is 47.5 Å². The van der Waals surface area contributed by atoms with Crippen LogP contribution in [0.2, 0.25) is 10.0 Å². The Morgan fingerprint density at radius 1 is 1.06 bits per heavy atom. The van der Waals surface area contributed by atoms with Crippen LogP contribution < -0.4 is 14.9 Å². The highest BCUT2D eigenvalue weighted by Crippen LogP contribution is 2.26. The summed E-state index contributed by atoms with van der Waals surface area (Å²) < 4.78 is 27.3. The number of unbranched alkanes of at least 4 members (excludes halogenated alkanes) is 1. The number of amides is 2. The Kier molecular flexibility index (Phi) is 10.8. The monoisotopic (exact) mass is 501 g/mol. The fourth-order valence-electron chi connectivity index (χ4n) is 2.86. The van der Waals surface area contributed by atoms with Gasteiger partial charge < -0.3 is 15.4 Å². The summed E-state index contributed by atoms with van der Waals surface area (Å²) in [5.41, 5.74) is 1.70. The summed E-state index contributed by atoms with van der Waals surface area (Å²) in [6, 6.07) is 11.7. The molecular formula is C21H25Cl2N3O5S. The highest BCUT2D eigenvalue weighted by molar-refractivity contribution is 7.80. The first-order valence-electron chi connectivity index (χ1n) is 9.85. The first kappa shape index (κ1) is 25.9. The van der Waals surface area contributed by atoms with Crippen molar-refractivity contribution < 1.29 is 23.1 Å².